The third-order valence-electron chi connectivity index (χ3n) is 11.9. The van der Waals surface area contributed by atoms with Gasteiger partial charge in [0.1, 0.15) is 18.0 Å². The van der Waals surface area contributed by atoms with Crippen LogP contribution in [0.15, 0.2) is 35.5 Å². The lowest BCUT2D eigenvalue weighted by Crippen LogP contribution is -2.74. The van der Waals surface area contributed by atoms with Gasteiger partial charge in [0.15, 0.2) is 12.1 Å². The highest BCUT2D eigenvalue weighted by Crippen LogP contribution is 2.76. The highest BCUT2D eigenvalue weighted by Gasteiger charge is 2.87. The van der Waals surface area contributed by atoms with Crippen LogP contribution in [0.3, 0.4) is 0 Å². The maximum Gasteiger partial charge on any atom is 0.333 e. The molecule has 1 unspecified atom stereocenters. The first kappa shape index (κ1) is 29.4. The van der Waals surface area contributed by atoms with E-state index in [0.29, 0.717) is 11.9 Å². The van der Waals surface area contributed by atoms with Gasteiger partial charge in [-0.2, -0.15) is 0 Å². The molecule has 0 bridgehead atoms. The van der Waals surface area contributed by atoms with Crippen molar-refractivity contribution in [2.24, 2.45) is 39.4 Å². The van der Waals surface area contributed by atoms with Gasteiger partial charge in [-0.1, -0.05) is 32.9 Å². The van der Waals surface area contributed by atoms with Crippen LogP contribution in [0.1, 0.15) is 48.0 Å². The summed E-state index contributed by atoms with van der Waals surface area (Å²) >= 11 is 0. The maximum absolute atomic E-state index is 13.9. The van der Waals surface area contributed by atoms with E-state index < -0.39 is 87.8 Å². The number of hydrogen-bond acceptors (Lipinski definition) is 11. The van der Waals surface area contributed by atoms with Gasteiger partial charge in [0, 0.05) is 51.2 Å². The fraction of sp³-hybridized carbons (Fsp3) is 0.677. The fourth-order valence-corrected chi connectivity index (χ4v) is 10.0. The van der Waals surface area contributed by atoms with E-state index in [-0.39, 0.29) is 24.4 Å². The minimum Gasteiger partial charge on any atom is -0.456 e. The molecular weight excluding hydrogens is 548 g/mol. The summed E-state index contributed by atoms with van der Waals surface area (Å²) < 4.78 is 24.0. The van der Waals surface area contributed by atoms with Crippen LogP contribution in [0.2, 0.25) is 0 Å². The van der Waals surface area contributed by atoms with E-state index in [2.05, 4.69) is 0 Å². The Morgan fingerprint density at radius 3 is 2.40 bits per heavy atom. The molecule has 4 fully saturated rings. The smallest absolute Gasteiger partial charge is 0.333 e. The van der Waals surface area contributed by atoms with Crippen molar-refractivity contribution < 1.29 is 53.4 Å². The molecule has 6 rings (SSSR count). The molecule has 42 heavy (non-hydrogen) atoms. The summed E-state index contributed by atoms with van der Waals surface area (Å²) in [4.78, 5) is 52.7. The summed E-state index contributed by atoms with van der Waals surface area (Å²) in [5.74, 6) is -4.25. The first-order chi connectivity index (χ1) is 19.6. The molecular formula is C31H38O11. The first-order valence-corrected chi connectivity index (χ1v) is 14.4. The molecule has 11 heteroatoms. The molecule has 228 valence electrons. The van der Waals surface area contributed by atoms with Gasteiger partial charge in [-0.25, -0.2) is 9.59 Å². The lowest BCUT2D eigenvalue weighted by Gasteiger charge is -2.63. The van der Waals surface area contributed by atoms with E-state index >= 15 is 0 Å². The molecule has 0 aromatic rings. The maximum atomic E-state index is 13.9. The van der Waals surface area contributed by atoms with Crippen molar-refractivity contribution in [1.82, 2.24) is 0 Å². The monoisotopic (exact) mass is 586 g/mol. The van der Waals surface area contributed by atoms with Gasteiger partial charge < -0.3 is 39.1 Å². The van der Waals surface area contributed by atoms with Gasteiger partial charge in [-0.15, -0.1) is 0 Å². The van der Waals surface area contributed by atoms with Crippen LogP contribution in [0.25, 0.3) is 0 Å². The van der Waals surface area contributed by atoms with Gasteiger partial charge >= 0.3 is 11.9 Å². The van der Waals surface area contributed by atoms with Crippen molar-refractivity contribution in [3.8, 4) is 0 Å². The Labute approximate surface area is 243 Å². The van der Waals surface area contributed by atoms with Crippen LogP contribution >= 0.6 is 0 Å². The summed E-state index contributed by atoms with van der Waals surface area (Å²) in [5.41, 5.74) is -6.76. The zero-order valence-electron chi connectivity index (χ0n) is 24.5. The molecule has 2 saturated heterocycles. The van der Waals surface area contributed by atoms with Crippen molar-refractivity contribution in [3.05, 3.63) is 35.5 Å². The Kier molecular flexibility index (Phi) is 6.24. The van der Waals surface area contributed by atoms with Crippen LogP contribution in [0.5, 0.6) is 0 Å². The van der Waals surface area contributed by atoms with Gasteiger partial charge in [0.25, 0.3) is 0 Å². The molecule has 6 aliphatic rings. The average molecular weight is 587 g/mol. The first-order valence-electron chi connectivity index (χ1n) is 14.4. The third-order valence-corrected chi connectivity index (χ3v) is 11.9. The molecule has 3 aliphatic heterocycles. The van der Waals surface area contributed by atoms with Crippen molar-refractivity contribution in [1.29, 1.82) is 0 Å². The molecule has 2 saturated carbocycles. The van der Waals surface area contributed by atoms with Crippen LogP contribution < -0.4 is 0 Å². The summed E-state index contributed by atoms with van der Waals surface area (Å²) in [6.45, 7) is 10.4. The van der Waals surface area contributed by atoms with E-state index in [1.165, 1.54) is 13.0 Å². The predicted octanol–water partition coefficient (Wildman–Crippen LogP) is 1.14. The molecule has 0 radical (unpaired) electrons. The second-order valence-corrected chi connectivity index (χ2v) is 13.7. The summed E-state index contributed by atoms with van der Waals surface area (Å²) in [7, 11) is 0. The number of ether oxygens (including phenoxy) is 4. The van der Waals surface area contributed by atoms with Crippen LogP contribution in [0.4, 0.5) is 0 Å². The van der Waals surface area contributed by atoms with E-state index in [0.717, 1.165) is 6.08 Å². The quantitative estimate of drug-likeness (QED) is 0.246. The largest absolute Gasteiger partial charge is 0.456 e. The number of hydrogen-bond donors (Lipinski definition) is 3. The zero-order chi connectivity index (χ0) is 30.8. The van der Waals surface area contributed by atoms with E-state index in [1.807, 2.05) is 6.92 Å². The Hall–Kier alpha value is -2.70. The highest BCUT2D eigenvalue weighted by atomic mass is 16.6. The number of allylic oxidation sites excluding steroid dienone is 2. The van der Waals surface area contributed by atoms with Crippen LogP contribution in [-0.4, -0.2) is 82.4 Å². The van der Waals surface area contributed by atoms with Gasteiger partial charge in [0.05, 0.1) is 24.2 Å². The van der Waals surface area contributed by atoms with E-state index in [4.69, 9.17) is 18.9 Å². The predicted molar refractivity (Wildman–Crippen MR) is 143 cm³/mol. The number of aliphatic hydroxyl groups excluding tert-OH is 3. The Morgan fingerprint density at radius 2 is 1.81 bits per heavy atom. The molecule has 0 amide bonds. The summed E-state index contributed by atoms with van der Waals surface area (Å²) in [5, 5.41) is 34.4. The molecule has 3 heterocycles. The second kappa shape index (κ2) is 8.92. The van der Waals surface area contributed by atoms with Gasteiger partial charge in [-0.3, -0.25) is 4.79 Å². The Bertz CT molecular complexity index is 1370. The normalized spacial score (nSPS) is 52.7. The minimum absolute atomic E-state index is 0.0928. The zero-order valence-corrected chi connectivity index (χ0v) is 24.5. The minimum atomic E-state index is -1.95. The van der Waals surface area contributed by atoms with Crippen molar-refractivity contribution >= 4 is 24.0 Å². The number of fused-ring (bicyclic) bond motifs is 3. The number of rotatable bonds is 4. The lowest BCUT2D eigenvalue weighted by atomic mass is 9.39. The summed E-state index contributed by atoms with van der Waals surface area (Å²) in [6, 6.07) is 0. The molecule has 3 aliphatic carbocycles. The lowest BCUT2D eigenvalue weighted by molar-refractivity contribution is -0.256. The van der Waals surface area contributed by atoms with Gasteiger partial charge in [-0.05, 0) is 33.3 Å². The molecule has 1 spiro atoms. The molecule has 0 aromatic carbocycles. The number of carbonyl (C=O) groups excluding carboxylic acids is 4. The Morgan fingerprint density at radius 1 is 1.12 bits per heavy atom. The number of aliphatic hydroxyl groups is 3. The third kappa shape index (κ3) is 3.13. The average Bonchev–Trinajstić information content (AvgIpc) is 3.61. The standard InChI is InChI=1S/C31H38O11/c1-7-14(2)24(36)41-23-20-21-27(3,13-39-20)9-8-17(33)29(21,5)22-26(38)42-31(30(22,23)6)18(34)11-16(28(31,4)12-32)15-10-19(35)40-25(15)37/h7-10,12,16,18,20-23,25-26,34,37-38H,11,13H2,1-6H3/b14-7+/t16-,18-,20+,21-,22-,23+,25?,26-,27-,28-,29-,30-,31+/m0/s1. The number of cyclic esters (lactones) is 1. The van der Waals surface area contributed by atoms with Crippen molar-refractivity contribution in [2.75, 3.05) is 6.61 Å². The molecule has 11 nitrogen and oxygen atoms in total. The number of carbonyl (C=O) groups is 4. The topological polar surface area (TPSA) is 166 Å². The SMILES string of the molecule is C/C=C(\C)C(=O)O[C@@H]1[C@@H]2OC[C@]3(C)C=CC(=O)[C@@](C)([C@@H]23)[C@@H]2[C@@H](O)O[C@@]3([C@@H](O)C[C@@H](C4=CC(=O)OC4O)[C@]3(C)C=O)[C@]12C. The highest BCUT2D eigenvalue weighted by molar-refractivity contribution is 5.97. The molecule has 13 atom stereocenters. The van der Waals surface area contributed by atoms with Crippen molar-refractivity contribution in [2.45, 2.75) is 84.5 Å². The van der Waals surface area contributed by atoms with Gasteiger partial charge in [0.2, 0.25) is 6.29 Å². The fourth-order valence-electron chi connectivity index (χ4n) is 10.0. The van der Waals surface area contributed by atoms with Crippen LogP contribution in [0, 0.1) is 39.4 Å². The van der Waals surface area contributed by atoms with Crippen LogP contribution in [-0.2, 0) is 38.1 Å². The summed E-state index contributed by atoms with van der Waals surface area (Å²) in [6.07, 6.45) is -0.332. The van der Waals surface area contributed by atoms with E-state index in [9.17, 15) is 34.5 Å². The van der Waals surface area contributed by atoms with E-state index in [1.54, 1.807) is 39.8 Å². The number of ketones is 1. The number of aldehydes is 1. The second-order valence-electron chi connectivity index (χ2n) is 13.7. The van der Waals surface area contributed by atoms with Crippen molar-refractivity contribution in [3.63, 3.8) is 0 Å². The Balaban J connectivity index is 1.62. The molecule has 3 N–H and O–H groups in total. The number of esters is 2. The molecule has 0 aromatic heterocycles.